The van der Waals surface area contributed by atoms with Crippen LogP contribution in [0.15, 0.2) is 30.3 Å². The normalized spacial score (nSPS) is 15.7. The van der Waals surface area contributed by atoms with Crippen LogP contribution in [0.5, 0.6) is 0 Å². The van der Waals surface area contributed by atoms with Gasteiger partial charge in [-0.05, 0) is 18.2 Å². The number of pyridine rings is 1. The van der Waals surface area contributed by atoms with Crippen LogP contribution in [-0.4, -0.2) is 42.2 Å². The summed E-state index contributed by atoms with van der Waals surface area (Å²) in [5, 5.41) is 13.4. The lowest BCUT2D eigenvalue weighted by molar-refractivity contribution is 0.0699. The van der Waals surface area contributed by atoms with Gasteiger partial charge in [0.25, 0.3) is 0 Å². The number of piperazine rings is 1. The van der Waals surface area contributed by atoms with Gasteiger partial charge < -0.3 is 15.3 Å². The minimum atomic E-state index is -0.935. The fraction of sp³-hybridized carbons (Fsp3) is 0.286. The maximum atomic E-state index is 11.2. The molecule has 1 fully saturated rings. The Morgan fingerprint density at radius 3 is 2.74 bits per heavy atom. The van der Waals surface area contributed by atoms with E-state index in [1.54, 1.807) is 12.1 Å². The molecule has 1 aliphatic heterocycles. The predicted molar refractivity (Wildman–Crippen MR) is 73.8 cm³/mol. The van der Waals surface area contributed by atoms with Crippen molar-refractivity contribution < 1.29 is 9.90 Å². The molecule has 5 nitrogen and oxygen atoms in total. The van der Waals surface area contributed by atoms with Crippen LogP contribution in [0.2, 0.25) is 0 Å². The number of aromatic nitrogens is 1. The molecule has 0 bridgehead atoms. The molecule has 5 heteroatoms. The number of nitrogens with zero attached hydrogens (tertiary/aromatic N) is 2. The number of benzene rings is 1. The molecule has 1 saturated heterocycles. The second kappa shape index (κ2) is 4.85. The van der Waals surface area contributed by atoms with Gasteiger partial charge in [0.05, 0.1) is 11.1 Å². The molecular formula is C14H15N3O2. The quantitative estimate of drug-likeness (QED) is 0.850. The van der Waals surface area contributed by atoms with E-state index in [0.717, 1.165) is 37.4 Å². The summed E-state index contributed by atoms with van der Waals surface area (Å²) >= 11 is 0. The fourth-order valence-electron chi connectivity index (χ4n) is 2.38. The number of carboxylic acid groups (broad SMARTS) is 1. The molecule has 2 aromatic rings. The summed E-state index contributed by atoms with van der Waals surface area (Å²) in [6.07, 6.45) is 0. The molecule has 98 valence electrons. The van der Waals surface area contributed by atoms with Gasteiger partial charge in [-0.3, -0.25) is 0 Å². The monoisotopic (exact) mass is 257 g/mol. The molecule has 1 aromatic heterocycles. The van der Waals surface area contributed by atoms with Crippen LogP contribution in [0, 0.1) is 0 Å². The first-order valence-corrected chi connectivity index (χ1v) is 6.34. The van der Waals surface area contributed by atoms with Gasteiger partial charge in [0.15, 0.2) is 0 Å². The molecule has 0 unspecified atom stereocenters. The molecule has 19 heavy (non-hydrogen) atoms. The number of hydrogen-bond donors (Lipinski definition) is 2. The van der Waals surface area contributed by atoms with Crippen molar-refractivity contribution in [2.75, 3.05) is 31.1 Å². The third kappa shape index (κ3) is 2.24. The number of hydrogen-bond acceptors (Lipinski definition) is 4. The first-order chi connectivity index (χ1) is 9.25. The number of rotatable bonds is 2. The van der Waals surface area contributed by atoms with Gasteiger partial charge in [0.1, 0.15) is 5.82 Å². The number of para-hydroxylation sites is 1. The summed E-state index contributed by atoms with van der Waals surface area (Å²) in [6.45, 7) is 3.65. The second-order valence-corrected chi connectivity index (χ2v) is 4.59. The Bertz CT molecular complexity index is 621. The van der Waals surface area contributed by atoms with Crippen molar-refractivity contribution in [2.45, 2.75) is 0 Å². The Labute approximate surface area is 110 Å². The highest BCUT2D eigenvalue weighted by Crippen LogP contribution is 2.21. The summed E-state index contributed by atoms with van der Waals surface area (Å²) in [5.41, 5.74) is 0.820. The average molecular weight is 257 g/mol. The van der Waals surface area contributed by atoms with E-state index in [2.05, 4.69) is 15.2 Å². The molecular weight excluding hydrogens is 242 g/mol. The van der Waals surface area contributed by atoms with Crippen LogP contribution in [0.3, 0.4) is 0 Å². The van der Waals surface area contributed by atoms with E-state index in [0.29, 0.717) is 5.52 Å². The van der Waals surface area contributed by atoms with Gasteiger partial charge in [-0.25, -0.2) is 9.78 Å². The standard InChI is InChI=1S/C14H15N3O2/c18-14(19)11-3-1-2-10-4-5-12(16-13(10)11)17-8-6-15-7-9-17/h1-5,15H,6-9H2,(H,18,19). The number of carboxylic acids is 1. The molecule has 1 aromatic carbocycles. The van der Waals surface area contributed by atoms with Crippen LogP contribution in [0.4, 0.5) is 5.82 Å². The lowest BCUT2D eigenvalue weighted by Gasteiger charge is -2.28. The lowest BCUT2D eigenvalue weighted by Crippen LogP contribution is -2.43. The molecule has 2 N–H and O–H groups in total. The minimum absolute atomic E-state index is 0.259. The summed E-state index contributed by atoms with van der Waals surface area (Å²) < 4.78 is 0. The highest BCUT2D eigenvalue weighted by molar-refractivity contribution is 6.02. The molecule has 0 atom stereocenters. The maximum absolute atomic E-state index is 11.2. The topological polar surface area (TPSA) is 65.5 Å². The summed E-state index contributed by atoms with van der Waals surface area (Å²) in [4.78, 5) is 18.0. The number of fused-ring (bicyclic) bond motifs is 1. The zero-order valence-corrected chi connectivity index (χ0v) is 10.5. The van der Waals surface area contributed by atoms with Crippen LogP contribution < -0.4 is 10.2 Å². The van der Waals surface area contributed by atoms with Gasteiger partial charge >= 0.3 is 5.97 Å². The largest absolute Gasteiger partial charge is 0.478 e. The zero-order chi connectivity index (χ0) is 13.2. The second-order valence-electron chi connectivity index (χ2n) is 4.59. The number of nitrogens with one attached hydrogen (secondary N) is 1. The van der Waals surface area contributed by atoms with E-state index in [1.165, 1.54) is 0 Å². The van der Waals surface area contributed by atoms with E-state index in [1.807, 2.05) is 18.2 Å². The Kier molecular flexibility index (Phi) is 3.05. The van der Waals surface area contributed by atoms with Crippen molar-refractivity contribution in [1.82, 2.24) is 10.3 Å². The smallest absolute Gasteiger partial charge is 0.337 e. The van der Waals surface area contributed by atoms with Crippen molar-refractivity contribution in [2.24, 2.45) is 0 Å². The van der Waals surface area contributed by atoms with Crippen LogP contribution in [0.1, 0.15) is 10.4 Å². The van der Waals surface area contributed by atoms with Crippen molar-refractivity contribution in [3.8, 4) is 0 Å². The fourth-order valence-corrected chi connectivity index (χ4v) is 2.38. The highest BCUT2D eigenvalue weighted by Gasteiger charge is 2.14. The maximum Gasteiger partial charge on any atom is 0.337 e. The minimum Gasteiger partial charge on any atom is -0.478 e. The molecule has 0 aliphatic carbocycles. The highest BCUT2D eigenvalue weighted by atomic mass is 16.4. The third-order valence-corrected chi connectivity index (χ3v) is 3.38. The van der Waals surface area contributed by atoms with E-state index in [9.17, 15) is 9.90 Å². The van der Waals surface area contributed by atoms with Crippen molar-refractivity contribution >= 4 is 22.7 Å². The number of aromatic carboxylic acids is 1. The zero-order valence-electron chi connectivity index (χ0n) is 10.5. The Hall–Kier alpha value is -2.14. The number of anilines is 1. The van der Waals surface area contributed by atoms with Crippen molar-refractivity contribution in [1.29, 1.82) is 0 Å². The van der Waals surface area contributed by atoms with Crippen molar-refractivity contribution in [3.05, 3.63) is 35.9 Å². The Morgan fingerprint density at radius 1 is 1.21 bits per heavy atom. The van der Waals surface area contributed by atoms with Crippen LogP contribution in [-0.2, 0) is 0 Å². The van der Waals surface area contributed by atoms with Gasteiger partial charge in [-0.2, -0.15) is 0 Å². The van der Waals surface area contributed by atoms with E-state index < -0.39 is 5.97 Å². The molecule has 0 amide bonds. The SMILES string of the molecule is O=C(O)c1cccc2ccc(N3CCNCC3)nc12. The first-order valence-electron chi connectivity index (χ1n) is 6.34. The van der Waals surface area contributed by atoms with E-state index in [-0.39, 0.29) is 5.56 Å². The molecule has 3 rings (SSSR count). The summed E-state index contributed by atoms with van der Waals surface area (Å²) in [5.74, 6) is -0.0849. The molecule has 0 spiro atoms. The predicted octanol–water partition coefficient (Wildman–Crippen LogP) is 1.34. The molecule has 0 radical (unpaired) electrons. The van der Waals surface area contributed by atoms with Gasteiger partial charge in [-0.15, -0.1) is 0 Å². The Morgan fingerprint density at radius 2 is 2.00 bits per heavy atom. The Balaban J connectivity index is 2.08. The van der Waals surface area contributed by atoms with E-state index >= 15 is 0 Å². The lowest BCUT2D eigenvalue weighted by atomic mass is 10.1. The molecule has 0 saturated carbocycles. The third-order valence-electron chi connectivity index (χ3n) is 3.38. The summed E-state index contributed by atoms with van der Waals surface area (Å²) in [6, 6.07) is 9.12. The molecule has 2 heterocycles. The van der Waals surface area contributed by atoms with E-state index in [4.69, 9.17) is 0 Å². The summed E-state index contributed by atoms with van der Waals surface area (Å²) in [7, 11) is 0. The first kappa shape index (κ1) is 11.9. The average Bonchev–Trinajstić information content (AvgIpc) is 2.47. The van der Waals surface area contributed by atoms with Crippen LogP contribution in [0.25, 0.3) is 10.9 Å². The van der Waals surface area contributed by atoms with Crippen LogP contribution >= 0.6 is 0 Å². The van der Waals surface area contributed by atoms with Gasteiger partial charge in [0, 0.05) is 31.6 Å². The van der Waals surface area contributed by atoms with Crippen molar-refractivity contribution in [3.63, 3.8) is 0 Å². The van der Waals surface area contributed by atoms with Gasteiger partial charge in [-0.1, -0.05) is 12.1 Å². The molecule has 1 aliphatic rings. The van der Waals surface area contributed by atoms with Gasteiger partial charge in [0.2, 0.25) is 0 Å². The number of carbonyl (C=O) groups is 1.